The molecule has 0 heterocycles. The maximum atomic E-state index is 11.6. The monoisotopic (exact) mass is 352 g/mol. The summed E-state index contributed by atoms with van der Waals surface area (Å²) in [6.07, 6.45) is -1.06. The molecule has 7 nitrogen and oxygen atoms in total. The third-order valence-electron chi connectivity index (χ3n) is 2.40. The van der Waals surface area contributed by atoms with Crippen molar-refractivity contribution in [2.45, 2.75) is 20.1 Å². The first-order valence-corrected chi connectivity index (χ1v) is 7.44. The lowest BCUT2D eigenvalue weighted by Crippen LogP contribution is -2.30. The topological polar surface area (TPSA) is 102 Å². The van der Waals surface area contributed by atoms with Gasteiger partial charge in [0.25, 0.3) is 6.29 Å². The molecule has 0 fully saturated rings. The number of hydrogen-bond acceptors (Lipinski definition) is 7. The third kappa shape index (κ3) is 10.7. The molecular formula is C18H24O7. The smallest absolute Gasteiger partial charge is 0.336 e. The van der Waals surface area contributed by atoms with Gasteiger partial charge in [0, 0.05) is 11.1 Å². The van der Waals surface area contributed by atoms with Gasteiger partial charge in [-0.1, -0.05) is 31.4 Å². The largest absolute Gasteiger partial charge is 0.454 e. The molecule has 7 heteroatoms. The number of benzene rings is 1. The molecular weight excluding hydrogens is 328 g/mol. The van der Waals surface area contributed by atoms with Crippen LogP contribution < -0.4 is 4.74 Å². The van der Waals surface area contributed by atoms with Gasteiger partial charge in [-0.3, -0.25) is 0 Å². The Hall–Kier alpha value is -2.64. The van der Waals surface area contributed by atoms with E-state index in [1.165, 1.54) is 13.8 Å². The van der Waals surface area contributed by atoms with Gasteiger partial charge in [-0.25, -0.2) is 9.59 Å². The second kappa shape index (κ2) is 12.7. The fraction of sp³-hybridized carbons (Fsp3) is 0.333. The van der Waals surface area contributed by atoms with E-state index in [0.717, 1.165) is 0 Å². The number of ether oxygens (including phenoxy) is 3. The van der Waals surface area contributed by atoms with Crippen molar-refractivity contribution >= 4 is 11.9 Å². The molecule has 138 valence electrons. The summed E-state index contributed by atoms with van der Waals surface area (Å²) in [7, 11) is 0. The fourth-order valence-corrected chi connectivity index (χ4v) is 1.23. The molecule has 0 bridgehead atoms. The second-order valence-corrected chi connectivity index (χ2v) is 4.87. The summed E-state index contributed by atoms with van der Waals surface area (Å²) < 4.78 is 15.5. The van der Waals surface area contributed by atoms with Crippen LogP contribution in [0.25, 0.3) is 0 Å². The van der Waals surface area contributed by atoms with Gasteiger partial charge in [-0.2, -0.15) is 0 Å². The normalized spacial score (nSPS) is 10.6. The van der Waals surface area contributed by atoms with Crippen LogP contribution in [0.4, 0.5) is 0 Å². The maximum Gasteiger partial charge on any atom is 0.336 e. The van der Waals surface area contributed by atoms with Crippen LogP contribution in [0.1, 0.15) is 13.8 Å². The Morgan fingerprint density at radius 1 is 1.00 bits per heavy atom. The van der Waals surface area contributed by atoms with Crippen molar-refractivity contribution in [1.82, 2.24) is 0 Å². The van der Waals surface area contributed by atoms with Crippen molar-refractivity contribution < 1.29 is 34.0 Å². The lowest BCUT2D eigenvalue weighted by molar-refractivity contribution is -0.172. The van der Waals surface area contributed by atoms with Gasteiger partial charge in [0.15, 0.2) is 6.61 Å². The summed E-state index contributed by atoms with van der Waals surface area (Å²) in [5.41, 5.74) is 0.475. The van der Waals surface area contributed by atoms with Gasteiger partial charge in [-0.15, -0.1) is 0 Å². The van der Waals surface area contributed by atoms with E-state index in [-0.39, 0.29) is 31.0 Å². The molecule has 0 spiro atoms. The highest BCUT2D eigenvalue weighted by Crippen LogP contribution is 2.13. The van der Waals surface area contributed by atoms with Crippen molar-refractivity contribution in [3.63, 3.8) is 0 Å². The minimum Gasteiger partial charge on any atom is -0.454 e. The van der Waals surface area contributed by atoms with Crippen LogP contribution >= 0.6 is 0 Å². The Morgan fingerprint density at radius 2 is 1.52 bits per heavy atom. The highest BCUT2D eigenvalue weighted by molar-refractivity contribution is 5.87. The number of carbonyl (C=O) groups excluding carboxylic acids is 2. The van der Waals surface area contributed by atoms with Crippen molar-refractivity contribution in [1.29, 1.82) is 0 Å². The van der Waals surface area contributed by atoms with Crippen LogP contribution in [0.15, 0.2) is 54.6 Å². The first-order chi connectivity index (χ1) is 11.8. The molecule has 1 unspecified atom stereocenters. The minimum absolute atomic E-state index is 0.125. The fourth-order valence-electron chi connectivity index (χ4n) is 1.23. The minimum atomic E-state index is -1.06. The van der Waals surface area contributed by atoms with Crippen LogP contribution in [-0.4, -0.2) is 48.3 Å². The standard InChI is InChI=1S/C16H18O5.C2H6O2/c1-11(2)15(17)19-10-14(21-16(18)12(3)4)20-13-8-6-5-7-9-13;3-1-2-4/h5-9,14H,1,3,10H2,2,4H3;3-4H,1-2H2. The maximum absolute atomic E-state index is 11.6. The van der Waals surface area contributed by atoms with E-state index in [0.29, 0.717) is 5.75 Å². The molecule has 1 aromatic carbocycles. The van der Waals surface area contributed by atoms with Crippen LogP contribution in [0.3, 0.4) is 0 Å². The van der Waals surface area contributed by atoms with Gasteiger partial charge in [-0.05, 0) is 26.0 Å². The van der Waals surface area contributed by atoms with Crippen molar-refractivity contribution in [3.05, 3.63) is 54.6 Å². The SMILES string of the molecule is C=C(C)C(=O)OCC(OC(=O)C(=C)C)Oc1ccccc1.OCCO. The Labute approximate surface area is 147 Å². The molecule has 0 aliphatic rings. The summed E-state index contributed by atoms with van der Waals surface area (Å²) in [6, 6.07) is 8.76. The summed E-state index contributed by atoms with van der Waals surface area (Å²) in [5.74, 6) is -0.714. The first kappa shape index (κ1) is 22.4. The summed E-state index contributed by atoms with van der Waals surface area (Å²) in [4.78, 5) is 22.9. The van der Waals surface area contributed by atoms with Crippen LogP contribution in [0.5, 0.6) is 5.75 Å². The predicted molar refractivity (Wildman–Crippen MR) is 91.7 cm³/mol. The van der Waals surface area contributed by atoms with Crippen LogP contribution in [-0.2, 0) is 19.1 Å². The molecule has 0 aliphatic heterocycles. The number of esters is 2. The van der Waals surface area contributed by atoms with Crippen LogP contribution in [0.2, 0.25) is 0 Å². The number of para-hydroxylation sites is 1. The van der Waals surface area contributed by atoms with E-state index < -0.39 is 18.2 Å². The summed E-state index contributed by atoms with van der Waals surface area (Å²) in [6.45, 7) is 9.51. The second-order valence-electron chi connectivity index (χ2n) is 4.87. The molecule has 25 heavy (non-hydrogen) atoms. The van der Waals surface area contributed by atoms with Crippen molar-refractivity contribution in [3.8, 4) is 5.75 Å². The average Bonchev–Trinajstić information content (AvgIpc) is 2.60. The van der Waals surface area contributed by atoms with E-state index in [9.17, 15) is 9.59 Å². The number of aliphatic hydroxyl groups is 2. The third-order valence-corrected chi connectivity index (χ3v) is 2.40. The highest BCUT2D eigenvalue weighted by atomic mass is 16.7. The molecule has 2 N–H and O–H groups in total. The number of carbonyl (C=O) groups is 2. The van der Waals surface area contributed by atoms with E-state index in [1.54, 1.807) is 24.3 Å². The molecule has 0 saturated carbocycles. The molecule has 0 saturated heterocycles. The van der Waals surface area contributed by atoms with Crippen LogP contribution in [0, 0.1) is 0 Å². The van der Waals surface area contributed by atoms with E-state index in [2.05, 4.69) is 13.2 Å². The molecule has 0 aliphatic carbocycles. The van der Waals surface area contributed by atoms with Gasteiger partial charge in [0.2, 0.25) is 0 Å². The zero-order chi connectivity index (χ0) is 19.2. The highest BCUT2D eigenvalue weighted by Gasteiger charge is 2.19. The van der Waals surface area contributed by atoms with E-state index >= 15 is 0 Å². The Kier molecular flexibility index (Phi) is 11.4. The van der Waals surface area contributed by atoms with Gasteiger partial charge in [0.1, 0.15) is 5.75 Å². The molecule has 1 rings (SSSR count). The number of hydrogen-bond donors (Lipinski definition) is 2. The molecule has 1 atom stereocenters. The molecule has 0 radical (unpaired) electrons. The lowest BCUT2D eigenvalue weighted by Gasteiger charge is -2.19. The van der Waals surface area contributed by atoms with E-state index in [1.807, 2.05) is 6.07 Å². The number of aliphatic hydroxyl groups excluding tert-OH is 2. The molecule has 0 aromatic heterocycles. The predicted octanol–water partition coefficient (Wildman–Crippen LogP) is 1.60. The Balaban J connectivity index is 0.00000129. The average molecular weight is 352 g/mol. The van der Waals surface area contributed by atoms with Gasteiger partial charge in [0.05, 0.1) is 13.2 Å². The number of rotatable bonds is 8. The zero-order valence-corrected chi connectivity index (χ0v) is 14.4. The Morgan fingerprint density at radius 3 is 1.96 bits per heavy atom. The quantitative estimate of drug-likeness (QED) is 0.416. The summed E-state index contributed by atoms with van der Waals surface area (Å²) in [5, 5.41) is 15.2. The zero-order valence-electron chi connectivity index (χ0n) is 14.4. The van der Waals surface area contributed by atoms with Gasteiger partial charge < -0.3 is 24.4 Å². The van der Waals surface area contributed by atoms with Gasteiger partial charge >= 0.3 is 11.9 Å². The van der Waals surface area contributed by atoms with Crippen molar-refractivity contribution in [2.75, 3.05) is 19.8 Å². The lowest BCUT2D eigenvalue weighted by atomic mass is 10.3. The van der Waals surface area contributed by atoms with Crippen molar-refractivity contribution in [2.24, 2.45) is 0 Å². The summed E-state index contributed by atoms with van der Waals surface area (Å²) >= 11 is 0. The Bertz CT molecular complexity index is 564. The first-order valence-electron chi connectivity index (χ1n) is 7.44. The molecule has 1 aromatic rings. The molecule has 0 amide bonds. The van der Waals surface area contributed by atoms with E-state index in [4.69, 9.17) is 24.4 Å².